The highest BCUT2D eigenvalue weighted by atomic mass is 35.5. The first-order valence-corrected chi connectivity index (χ1v) is 10.8. The molecule has 2 aromatic heterocycles. The third-order valence-electron chi connectivity index (χ3n) is 4.71. The highest BCUT2D eigenvalue weighted by molar-refractivity contribution is 7.90. The number of benzene rings is 1. The Hall–Kier alpha value is -2.36. The summed E-state index contributed by atoms with van der Waals surface area (Å²) in [4.78, 5) is 3.49. The van der Waals surface area contributed by atoms with Gasteiger partial charge in [-0.3, -0.25) is 9.55 Å². The smallest absolute Gasteiger partial charge is 0.187 e. The Morgan fingerprint density at radius 2 is 1.93 bits per heavy atom. The summed E-state index contributed by atoms with van der Waals surface area (Å²) in [5.74, 6) is 0.334. The van der Waals surface area contributed by atoms with E-state index in [1.807, 2.05) is 0 Å². The Morgan fingerprint density at radius 1 is 1.21 bits per heavy atom. The number of alkyl halides is 1. The number of hydrogen-bond donors (Lipinski definition) is 1. The molecule has 7 nitrogen and oxygen atoms in total. The van der Waals surface area contributed by atoms with Crippen LogP contribution in [0.1, 0.15) is 24.6 Å². The summed E-state index contributed by atoms with van der Waals surface area (Å²) in [5.41, 5.74) is 6.56. The van der Waals surface area contributed by atoms with Gasteiger partial charge in [0.2, 0.25) is 0 Å². The summed E-state index contributed by atoms with van der Waals surface area (Å²) in [6.45, 7) is 0. The maximum Gasteiger partial charge on any atom is 0.187 e. The molecule has 0 radical (unpaired) electrons. The van der Waals surface area contributed by atoms with Crippen LogP contribution in [0.3, 0.4) is 0 Å². The van der Waals surface area contributed by atoms with Gasteiger partial charge >= 0.3 is 0 Å². The lowest BCUT2D eigenvalue weighted by Gasteiger charge is -2.39. The summed E-state index contributed by atoms with van der Waals surface area (Å²) in [6.07, 6.45) is 3.33. The molecule has 1 aliphatic rings. The van der Waals surface area contributed by atoms with E-state index in [0.717, 1.165) is 6.26 Å². The molecule has 0 amide bonds. The first kappa shape index (κ1) is 19.0. The summed E-state index contributed by atoms with van der Waals surface area (Å²) >= 11 is 6.14. The van der Waals surface area contributed by atoms with Crippen LogP contribution >= 0.6 is 11.6 Å². The minimum atomic E-state index is -3.38. The molecule has 1 aromatic carbocycles. The van der Waals surface area contributed by atoms with Crippen molar-refractivity contribution in [2.24, 2.45) is 5.73 Å². The van der Waals surface area contributed by atoms with Crippen molar-refractivity contribution >= 4 is 21.4 Å². The Kier molecular flexibility index (Phi) is 4.48. The molecule has 0 aliphatic heterocycles. The highest BCUT2D eigenvalue weighted by Gasteiger charge is 2.43. The highest BCUT2D eigenvalue weighted by Crippen LogP contribution is 2.46. The van der Waals surface area contributed by atoms with Crippen LogP contribution in [0.15, 0.2) is 47.5 Å². The number of nitrogens with zero attached hydrogens (tertiary/aromatic N) is 4. The molecule has 2 heterocycles. The molecule has 2 N–H and O–H groups in total. The van der Waals surface area contributed by atoms with Gasteiger partial charge in [0.25, 0.3) is 0 Å². The van der Waals surface area contributed by atoms with E-state index in [4.69, 9.17) is 17.3 Å². The van der Waals surface area contributed by atoms with Gasteiger partial charge in [-0.05, 0) is 37.1 Å². The van der Waals surface area contributed by atoms with E-state index in [9.17, 15) is 12.8 Å². The fourth-order valence-electron chi connectivity index (χ4n) is 3.27. The Bertz CT molecular complexity index is 1140. The molecule has 10 heteroatoms. The standard InChI is InChI=1S/C18H17ClFN5O2S/c1-28(26,27)12-6-7-14(22-10-12)17-24-23-16(11-8-18(19,21)9-11)25(17)15-5-3-2-4-13(15)20/h2-7,10-11H,8-9,21H2,1H3. The molecule has 1 fully saturated rings. The zero-order chi connectivity index (χ0) is 20.1. The van der Waals surface area contributed by atoms with Gasteiger partial charge in [-0.25, -0.2) is 12.8 Å². The molecule has 4 rings (SSSR count). The first-order valence-electron chi connectivity index (χ1n) is 8.50. The molecule has 3 aromatic rings. The molecule has 0 spiro atoms. The van der Waals surface area contributed by atoms with E-state index >= 15 is 0 Å². The van der Waals surface area contributed by atoms with E-state index in [0.29, 0.717) is 30.2 Å². The molecule has 1 aliphatic carbocycles. The fourth-order valence-corrected chi connectivity index (χ4v) is 4.20. The number of aromatic nitrogens is 4. The van der Waals surface area contributed by atoms with E-state index < -0.39 is 20.7 Å². The second-order valence-corrected chi connectivity index (χ2v) is 9.73. The van der Waals surface area contributed by atoms with Crippen molar-refractivity contribution in [1.29, 1.82) is 0 Å². The number of hydrogen-bond acceptors (Lipinski definition) is 6. The van der Waals surface area contributed by atoms with Crippen LogP contribution in [0.5, 0.6) is 0 Å². The zero-order valence-electron chi connectivity index (χ0n) is 14.9. The predicted octanol–water partition coefficient (Wildman–Crippen LogP) is 2.64. The fraction of sp³-hybridized carbons (Fsp3) is 0.278. The van der Waals surface area contributed by atoms with Crippen LogP contribution in [0.2, 0.25) is 0 Å². The van der Waals surface area contributed by atoms with Crippen LogP contribution < -0.4 is 5.73 Å². The molecule has 28 heavy (non-hydrogen) atoms. The Morgan fingerprint density at radius 3 is 2.50 bits per heavy atom. The number of nitrogens with two attached hydrogens (primary N) is 1. The number of halogens is 2. The average Bonchev–Trinajstić information content (AvgIpc) is 3.04. The summed E-state index contributed by atoms with van der Waals surface area (Å²) in [5, 5.41) is 8.44. The van der Waals surface area contributed by atoms with Gasteiger partial charge in [0.1, 0.15) is 17.3 Å². The van der Waals surface area contributed by atoms with Gasteiger partial charge in [-0.1, -0.05) is 12.1 Å². The van der Waals surface area contributed by atoms with Gasteiger partial charge in [0, 0.05) is 18.4 Å². The van der Waals surface area contributed by atoms with Crippen molar-refractivity contribution < 1.29 is 12.8 Å². The monoisotopic (exact) mass is 421 g/mol. The predicted molar refractivity (Wildman–Crippen MR) is 102 cm³/mol. The SMILES string of the molecule is CS(=O)(=O)c1ccc(-c2nnc(C3CC(N)(Cl)C3)n2-c2ccccc2F)nc1. The Balaban J connectivity index is 1.84. The van der Waals surface area contributed by atoms with Gasteiger partial charge in [-0.15, -0.1) is 21.8 Å². The second kappa shape index (κ2) is 6.61. The molecule has 0 unspecified atom stereocenters. The van der Waals surface area contributed by atoms with E-state index in [1.165, 1.54) is 24.4 Å². The number of sulfone groups is 1. The lowest BCUT2D eigenvalue weighted by Crippen LogP contribution is -2.46. The van der Waals surface area contributed by atoms with Crippen LogP contribution in [0, 0.1) is 5.82 Å². The summed E-state index contributed by atoms with van der Waals surface area (Å²) in [6, 6.07) is 9.22. The maximum atomic E-state index is 14.6. The summed E-state index contributed by atoms with van der Waals surface area (Å²) in [7, 11) is -3.38. The molecule has 0 saturated heterocycles. The third kappa shape index (κ3) is 3.41. The van der Waals surface area contributed by atoms with Crippen LogP contribution in [0.25, 0.3) is 17.2 Å². The number of pyridine rings is 1. The van der Waals surface area contributed by atoms with Crippen LogP contribution in [-0.4, -0.2) is 39.4 Å². The van der Waals surface area contributed by atoms with E-state index in [-0.39, 0.29) is 16.5 Å². The van der Waals surface area contributed by atoms with Crippen molar-refractivity contribution in [1.82, 2.24) is 19.7 Å². The maximum absolute atomic E-state index is 14.6. The molecule has 0 atom stereocenters. The number of para-hydroxylation sites is 1. The first-order chi connectivity index (χ1) is 13.2. The lowest BCUT2D eigenvalue weighted by atomic mass is 9.79. The van der Waals surface area contributed by atoms with Gasteiger partial charge in [0.05, 0.1) is 15.6 Å². The van der Waals surface area contributed by atoms with Crippen molar-refractivity contribution in [3.8, 4) is 17.2 Å². The average molecular weight is 422 g/mol. The van der Waals surface area contributed by atoms with Gasteiger partial charge in [-0.2, -0.15) is 0 Å². The Labute approximate surface area is 166 Å². The topological polar surface area (TPSA) is 104 Å². The quantitative estimate of drug-likeness (QED) is 0.513. The molecule has 146 valence electrons. The molecular formula is C18H17ClFN5O2S. The van der Waals surface area contributed by atoms with Gasteiger partial charge < -0.3 is 5.73 Å². The largest absolute Gasteiger partial charge is 0.313 e. The van der Waals surface area contributed by atoms with Crippen molar-refractivity contribution in [3.63, 3.8) is 0 Å². The third-order valence-corrected chi connectivity index (χ3v) is 6.12. The molecule has 0 bridgehead atoms. The minimum Gasteiger partial charge on any atom is -0.313 e. The number of rotatable bonds is 4. The normalized spacial score (nSPS) is 22.1. The lowest BCUT2D eigenvalue weighted by molar-refractivity contribution is 0.292. The minimum absolute atomic E-state index is 0.0707. The van der Waals surface area contributed by atoms with Crippen molar-refractivity contribution in [3.05, 3.63) is 54.2 Å². The second-order valence-electron chi connectivity index (χ2n) is 6.96. The van der Waals surface area contributed by atoms with Crippen LogP contribution in [-0.2, 0) is 9.84 Å². The molecule has 1 saturated carbocycles. The van der Waals surface area contributed by atoms with E-state index in [2.05, 4.69) is 15.2 Å². The van der Waals surface area contributed by atoms with Crippen molar-refractivity contribution in [2.45, 2.75) is 28.7 Å². The van der Waals surface area contributed by atoms with Gasteiger partial charge in [0.15, 0.2) is 15.7 Å². The zero-order valence-corrected chi connectivity index (χ0v) is 16.5. The summed E-state index contributed by atoms with van der Waals surface area (Å²) < 4.78 is 39.5. The van der Waals surface area contributed by atoms with E-state index in [1.54, 1.807) is 22.8 Å². The van der Waals surface area contributed by atoms with Crippen LogP contribution in [0.4, 0.5) is 4.39 Å². The van der Waals surface area contributed by atoms with Crippen molar-refractivity contribution in [2.75, 3.05) is 6.26 Å². The molecular weight excluding hydrogens is 405 g/mol.